The first kappa shape index (κ1) is 18.0. The summed E-state index contributed by atoms with van der Waals surface area (Å²) < 4.78 is 16.1. The molecule has 1 aliphatic rings. The van der Waals surface area contributed by atoms with Crippen molar-refractivity contribution in [2.24, 2.45) is 0 Å². The molecule has 0 aliphatic carbocycles. The fourth-order valence-electron chi connectivity index (χ4n) is 2.79. The van der Waals surface area contributed by atoms with E-state index >= 15 is 0 Å². The Labute approximate surface area is 152 Å². The van der Waals surface area contributed by atoms with E-state index in [0.29, 0.717) is 22.9 Å². The second-order valence-corrected chi connectivity index (χ2v) is 5.97. The highest BCUT2D eigenvalue weighted by Crippen LogP contribution is 2.29. The summed E-state index contributed by atoms with van der Waals surface area (Å²) in [6.07, 6.45) is 3.99. The number of carbonyl (C=O) groups excluding carboxylic acids is 1. The lowest BCUT2D eigenvalue weighted by molar-refractivity contribution is 0.102. The zero-order valence-corrected chi connectivity index (χ0v) is 15.0. The second-order valence-electron chi connectivity index (χ2n) is 5.97. The van der Waals surface area contributed by atoms with Crippen molar-refractivity contribution < 1.29 is 19.0 Å². The molecule has 1 unspecified atom stereocenters. The van der Waals surface area contributed by atoms with Crippen LogP contribution in [0.2, 0.25) is 0 Å². The highest BCUT2D eigenvalue weighted by Gasteiger charge is 2.16. The van der Waals surface area contributed by atoms with E-state index in [2.05, 4.69) is 15.6 Å². The van der Waals surface area contributed by atoms with Gasteiger partial charge >= 0.3 is 0 Å². The second kappa shape index (κ2) is 8.53. The van der Waals surface area contributed by atoms with Crippen molar-refractivity contribution >= 4 is 17.3 Å². The first-order valence-electron chi connectivity index (χ1n) is 8.54. The number of rotatable bonds is 7. The Morgan fingerprint density at radius 2 is 2.15 bits per heavy atom. The maximum atomic E-state index is 12.5. The molecule has 1 amide bonds. The predicted molar refractivity (Wildman–Crippen MR) is 99.2 cm³/mol. The van der Waals surface area contributed by atoms with Crippen molar-refractivity contribution in [3.05, 3.63) is 42.2 Å². The molecule has 2 heterocycles. The summed E-state index contributed by atoms with van der Waals surface area (Å²) in [5.74, 6) is 0.859. The average molecular weight is 357 g/mol. The van der Waals surface area contributed by atoms with Gasteiger partial charge in [-0.2, -0.15) is 0 Å². The molecular formula is C19H23N3O4. The van der Waals surface area contributed by atoms with Crippen LogP contribution in [0.5, 0.6) is 11.5 Å². The number of carbonyl (C=O) groups is 1. The van der Waals surface area contributed by atoms with Crippen molar-refractivity contribution in [3.8, 4) is 11.5 Å². The van der Waals surface area contributed by atoms with Gasteiger partial charge in [-0.25, -0.2) is 0 Å². The molecule has 138 valence electrons. The van der Waals surface area contributed by atoms with Crippen LogP contribution in [-0.2, 0) is 4.74 Å². The Morgan fingerprint density at radius 1 is 1.27 bits per heavy atom. The van der Waals surface area contributed by atoms with Crippen LogP contribution in [0.25, 0.3) is 0 Å². The molecular weight excluding hydrogens is 334 g/mol. The number of amides is 1. The summed E-state index contributed by atoms with van der Waals surface area (Å²) in [4.78, 5) is 16.7. The van der Waals surface area contributed by atoms with Gasteiger partial charge in [0.1, 0.15) is 17.2 Å². The lowest BCUT2D eigenvalue weighted by Gasteiger charge is -2.13. The van der Waals surface area contributed by atoms with Crippen molar-refractivity contribution in [2.45, 2.75) is 18.9 Å². The van der Waals surface area contributed by atoms with Gasteiger partial charge in [0.05, 0.1) is 26.0 Å². The molecule has 0 spiro atoms. The van der Waals surface area contributed by atoms with E-state index in [4.69, 9.17) is 14.2 Å². The number of nitrogens with zero attached hydrogens (tertiary/aromatic N) is 1. The summed E-state index contributed by atoms with van der Waals surface area (Å²) in [6, 6.07) is 8.75. The molecule has 2 aromatic rings. The van der Waals surface area contributed by atoms with Crippen molar-refractivity contribution in [1.29, 1.82) is 0 Å². The molecule has 1 aliphatic heterocycles. The van der Waals surface area contributed by atoms with Gasteiger partial charge in [0.15, 0.2) is 0 Å². The summed E-state index contributed by atoms with van der Waals surface area (Å²) in [7, 11) is 3.12. The molecule has 1 fully saturated rings. The Hall–Kier alpha value is -2.80. The molecule has 1 atom stereocenters. The van der Waals surface area contributed by atoms with Crippen LogP contribution >= 0.6 is 0 Å². The highest BCUT2D eigenvalue weighted by atomic mass is 16.5. The number of pyridine rings is 1. The van der Waals surface area contributed by atoms with Crippen LogP contribution in [0.15, 0.2) is 36.5 Å². The minimum atomic E-state index is -0.311. The molecule has 1 aromatic heterocycles. The number of methoxy groups -OCH3 is 2. The quantitative estimate of drug-likeness (QED) is 0.793. The first-order valence-corrected chi connectivity index (χ1v) is 8.54. The monoisotopic (exact) mass is 357 g/mol. The molecule has 7 heteroatoms. The molecule has 0 radical (unpaired) electrons. The van der Waals surface area contributed by atoms with E-state index in [9.17, 15) is 4.79 Å². The number of ether oxygens (including phenoxy) is 3. The maximum absolute atomic E-state index is 12.5. The van der Waals surface area contributed by atoms with Crippen molar-refractivity contribution in [1.82, 2.24) is 4.98 Å². The number of benzene rings is 1. The van der Waals surface area contributed by atoms with Crippen molar-refractivity contribution in [3.63, 3.8) is 0 Å². The van der Waals surface area contributed by atoms with Crippen LogP contribution in [0.1, 0.15) is 23.3 Å². The smallest absolute Gasteiger partial charge is 0.274 e. The van der Waals surface area contributed by atoms with Crippen LogP contribution in [0, 0.1) is 0 Å². The Bertz CT molecular complexity index is 760. The summed E-state index contributed by atoms with van der Waals surface area (Å²) in [6.45, 7) is 1.54. The molecule has 1 aromatic carbocycles. The third-order valence-corrected chi connectivity index (χ3v) is 4.21. The summed E-state index contributed by atoms with van der Waals surface area (Å²) in [5.41, 5.74) is 1.71. The fourth-order valence-corrected chi connectivity index (χ4v) is 2.79. The zero-order valence-electron chi connectivity index (χ0n) is 15.0. The molecule has 1 saturated heterocycles. The van der Waals surface area contributed by atoms with Crippen LogP contribution in [-0.4, -0.2) is 44.4 Å². The van der Waals surface area contributed by atoms with Gasteiger partial charge in [0.2, 0.25) is 0 Å². The highest BCUT2D eigenvalue weighted by molar-refractivity contribution is 6.04. The summed E-state index contributed by atoms with van der Waals surface area (Å²) >= 11 is 0. The van der Waals surface area contributed by atoms with E-state index in [-0.39, 0.29) is 12.0 Å². The number of anilines is 2. The van der Waals surface area contributed by atoms with Crippen molar-refractivity contribution in [2.75, 3.05) is 38.0 Å². The number of hydrogen-bond donors (Lipinski definition) is 2. The third kappa shape index (κ3) is 4.43. The minimum Gasteiger partial charge on any atom is -0.497 e. The van der Waals surface area contributed by atoms with Gasteiger partial charge in [-0.15, -0.1) is 0 Å². The van der Waals surface area contributed by atoms with Crippen LogP contribution in [0.4, 0.5) is 11.4 Å². The van der Waals surface area contributed by atoms with E-state index in [1.54, 1.807) is 37.6 Å². The predicted octanol–water partition coefficient (Wildman–Crippen LogP) is 2.94. The molecule has 2 N–H and O–H groups in total. The number of nitrogens with one attached hydrogen (secondary N) is 2. The Balaban J connectivity index is 1.67. The van der Waals surface area contributed by atoms with E-state index in [1.165, 1.54) is 7.11 Å². The van der Waals surface area contributed by atoms with Gasteiger partial charge in [0, 0.05) is 31.1 Å². The third-order valence-electron chi connectivity index (χ3n) is 4.21. The first-order chi connectivity index (χ1) is 12.7. The molecule has 0 saturated carbocycles. The molecule has 26 heavy (non-hydrogen) atoms. The van der Waals surface area contributed by atoms with Gasteiger partial charge in [-0.05, 0) is 37.1 Å². The zero-order chi connectivity index (χ0) is 18.4. The molecule has 3 rings (SSSR count). The van der Waals surface area contributed by atoms with E-state index in [1.807, 2.05) is 6.07 Å². The van der Waals surface area contributed by atoms with E-state index in [0.717, 1.165) is 31.7 Å². The van der Waals surface area contributed by atoms with Gasteiger partial charge < -0.3 is 24.8 Å². The van der Waals surface area contributed by atoms with Crippen LogP contribution in [0.3, 0.4) is 0 Å². The number of aromatic nitrogens is 1. The molecule has 0 bridgehead atoms. The Kier molecular flexibility index (Phi) is 5.91. The normalized spacial score (nSPS) is 16.2. The fraction of sp³-hybridized carbons (Fsp3) is 0.368. The largest absolute Gasteiger partial charge is 0.497 e. The maximum Gasteiger partial charge on any atom is 0.274 e. The van der Waals surface area contributed by atoms with Gasteiger partial charge in [-0.1, -0.05) is 0 Å². The molecule has 7 nitrogen and oxygen atoms in total. The minimum absolute atomic E-state index is 0.226. The lowest BCUT2D eigenvalue weighted by Crippen LogP contribution is -2.19. The van der Waals surface area contributed by atoms with Gasteiger partial charge in [-0.3, -0.25) is 9.78 Å². The SMILES string of the molecule is COc1ccc(NC(=O)c2cc(NCC3CCCO3)ccn2)c(OC)c1. The summed E-state index contributed by atoms with van der Waals surface area (Å²) in [5, 5.41) is 6.12. The lowest BCUT2D eigenvalue weighted by atomic mass is 10.2. The van der Waals surface area contributed by atoms with Gasteiger partial charge in [0.25, 0.3) is 5.91 Å². The average Bonchev–Trinajstić information content (AvgIpc) is 3.20. The van der Waals surface area contributed by atoms with E-state index < -0.39 is 0 Å². The van der Waals surface area contributed by atoms with Crippen LogP contribution < -0.4 is 20.1 Å². The number of hydrogen-bond acceptors (Lipinski definition) is 6. The Morgan fingerprint density at radius 3 is 2.88 bits per heavy atom. The standard InChI is InChI=1S/C19H23N3O4/c1-24-14-5-6-16(18(11-14)25-2)22-19(23)17-10-13(7-8-20-17)21-12-15-4-3-9-26-15/h5-8,10-11,15H,3-4,9,12H2,1-2H3,(H,20,21)(H,22,23). The topological polar surface area (TPSA) is 81.7 Å².